The fraction of sp³-hybridized carbons (Fsp3) is 0.312. The van der Waals surface area contributed by atoms with Crippen molar-refractivity contribution >= 4 is 5.91 Å². The minimum Gasteiger partial charge on any atom is -0.376 e. The van der Waals surface area contributed by atoms with Gasteiger partial charge in [-0.25, -0.2) is 9.37 Å². The Labute approximate surface area is 127 Å². The molecule has 1 amide bonds. The number of nitrogens with one attached hydrogen (secondary N) is 1. The summed E-state index contributed by atoms with van der Waals surface area (Å²) in [7, 11) is 0. The summed E-state index contributed by atoms with van der Waals surface area (Å²) >= 11 is 0. The molecule has 1 aromatic carbocycles. The van der Waals surface area contributed by atoms with Gasteiger partial charge in [-0.3, -0.25) is 9.78 Å². The van der Waals surface area contributed by atoms with E-state index in [9.17, 15) is 9.18 Å². The van der Waals surface area contributed by atoms with Gasteiger partial charge in [0, 0.05) is 19.0 Å². The zero-order valence-corrected chi connectivity index (χ0v) is 11.9. The number of amides is 1. The molecule has 0 aliphatic carbocycles. The molecule has 6 heteroatoms. The van der Waals surface area contributed by atoms with Gasteiger partial charge in [0.15, 0.2) is 0 Å². The summed E-state index contributed by atoms with van der Waals surface area (Å²) < 4.78 is 18.8. The van der Waals surface area contributed by atoms with Crippen LogP contribution in [0.2, 0.25) is 0 Å². The molecule has 2 aromatic rings. The van der Waals surface area contributed by atoms with Gasteiger partial charge in [-0.2, -0.15) is 0 Å². The van der Waals surface area contributed by atoms with Crippen LogP contribution in [0.5, 0.6) is 0 Å². The van der Waals surface area contributed by atoms with Crippen molar-refractivity contribution in [1.29, 1.82) is 0 Å². The second kappa shape index (κ2) is 6.62. The quantitative estimate of drug-likeness (QED) is 0.941. The van der Waals surface area contributed by atoms with Gasteiger partial charge in [0.2, 0.25) is 0 Å². The van der Waals surface area contributed by atoms with E-state index < -0.39 is 0 Å². The van der Waals surface area contributed by atoms with Crippen LogP contribution in [-0.2, 0) is 4.74 Å². The summed E-state index contributed by atoms with van der Waals surface area (Å²) in [6, 6.07) is 5.76. The largest absolute Gasteiger partial charge is 0.376 e. The minimum absolute atomic E-state index is 0.119. The predicted molar refractivity (Wildman–Crippen MR) is 77.6 cm³/mol. The van der Waals surface area contributed by atoms with Crippen molar-refractivity contribution in [3.05, 3.63) is 59.9 Å². The third-order valence-electron chi connectivity index (χ3n) is 3.65. The number of halogens is 1. The van der Waals surface area contributed by atoms with Crippen molar-refractivity contribution in [2.75, 3.05) is 6.61 Å². The van der Waals surface area contributed by atoms with Crippen molar-refractivity contribution in [2.45, 2.75) is 25.0 Å². The van der Waals surface area contributed by atoms with Crippen LogP contribution in [0.1, 0.15) is 34.9 Å². The maximum absolute atomic E-state index is 13.1. The molecule has 1 aliphatic rings. The van der Waals surface area contributed by atoms with Crippen molar-refractivity contribution in [2.24, 2.45) is 0 Å². The lowest BCUT2D eigenvalue weighted by Crippen LogP contribution is -2.36. The van der Waals surface area contributed by atoms with Crippen LogP contribution in [0.3, 0.4) is 0 Å². The van der Waals surface area contributed by atoms with Crippen LogP contribution in [0.15, 0.2) is 42.9 Å². The summed E-state index contributed by atoms with van der Waals surface area (Å²) in [6.45, 7) is 0.670. The molecule has 2 atom stereocenters. The number of benzene rings is 1. The van der Waals surface area contributed by atoms with E-state index in [1.54, 1.807) is 12.1 Å². The molecule has 1 saturated heterocycles. The molecule has 3 rings (SSSR count). The lowest BCUT2D eigenvalue weighted by Gasteiger charge is -2.24. The van der Waals surface area contributed by atoms with Crippen molar-refractivity contribution < 1.29 is 13.9 Å². The van der Waals surface area contributed by atoms with Gasteiger partial charge in [0.1, 0.15) is 11.5 Å². The molecule has 1 aromatic heterocycles. The van der Waals surface area contributed by atoms with E-state index in [0.29, 0.717) is 6.61 Å². The molecule has 1 fully saturated rings. The summed E-state index contributed by atoms with van der Waals surface area (Å²) in [5.74, 6) is -0.631. The fourth-order valence-electron chi connectivity index (χ4n) is 2.56. The monoisotopic (exact) mass is 301 g/mol. The van der Waals surface area contributed by atoms with E-state index in [-0.39, 0.29) is 29.6 Å². The highest BCUT2D eigenvalue weighted by Gasteiger charge is 2.29. The number of carbonyl (C=O) groups is 1. The van der Waals surface area contributed by atoms with Crippen molar-refractivity contribution in [1.82, 2.24) is 15.3 Å². The molecule has 22 heavy (non-hydrogen) atoms. The van der Waals surface area contributed by atoms with Gasteiger partial charge in [-0.15, -0.1) is 0 Å². The van der Waals surface area contributed by atoms with Crippen LogP contribution >= 0.6 is 0 Å². The molecular weight excluding hydrogens is 285 g/mol. The lowest BCUT2D eigenvalue weighted by atomic mass is 9.99. The number of carbonyl (C=O) groups excluding carboxylic acids is 1. The highest BCUT2D eigenvalue weighted by molar-refractivity contribution is 5.92. The van der Waals surface area contributed by atoms with E-state index in [1.807, 2.05) is 0 Å². The van der Waals surface area contributed by atoms with Crippen molar-refractivity contribution in [3.8, 4) is 0 Å². The Morgan fingerprint density at radius 1 is 1.32 bits per heavy atom. The Morgan fingerprint density at radius 3 is 2.77 bits per heavy atom. The maximum Gasteiger partial charge on any atom is 0.272 e. The van der Waals surface area contributed by atoms with Gasteiger partial charge in [0.05, 0.1) is 18.3 Å². The molecule has 114 valence electrons. The van der Waals surface area contributed by atoms with Crippen LogP contribution in [0.25, 0.3) is 0 Å². The first-order valence-corrected chi connectivity index (χ1v) is 7.18. The Balaban J connectivity index is 1.82. The average Bonchev–Trinajstić information content (AvgIpc) is 3.08. The van der Waals surface area contributed by atoms with E-state index in [1.165, 1.54) is 30.7 Å². The number of aromatic nitrogens is 2. The van der Waals surface area contributed by atoms with Gasteiger partial charge in [-0.05, 0) is 30.5 Å². The second-order valence-corrected chi connectivity index (χ2v) is 5.14. The maximum atomic E-state index is 13.1. The Kier molecular flexibility index (Phi) is 4.39. The summed E-state index contributed by atoms with van der Waals surface area (Å²) in [6.07, 6.45) is 6.06. The molecule has 0 bridgehead atoms. The van der Waals surface area contributed by atoms with Gasteiger partial charge >= 0.3 is 0 Å². The predicted octanol–water partition coefficient (Wildman–Crippen LogP) is 2.27. The summed E-state index contributed by atoms with van der Waals surface area (Å²) in [5, 5.41) is 2.92. The SMILES string of the molecule is O=C(N[C@H](c1ccc(F)cc1)[C@@H]1CCCO1)c1cnccn1. The third-order valence-corrected chi connectivity index (χ3v) is 3.65. The fourth-order valence-corrected chi connectivity index (χ4v) is 2.56. The average molecular weight is 301 g/mol. The molecule has 0 spiro atoms. The highest BCUT2D eigenvalue weighted by atomic mass is 19.1. The molecule has 2 heterocycles. The number of rotatable bonds is 4. The van der Waals surface area contributed by atoms with E-state index in [2.05, 4.69) is 15.3 Å². The van der Waals surface area contributed by atoms with E-state index in [0.717, 1.165) is 18.4 Å². The van der Waals surface area contributed by atoms with E-state index in [4.69, 9.17) is 4.74 Å². The van der Waals surface area contributed by atoms with Gasteiger partial charge in [-0.1, -0.05) is 12.1 Å². The van der Waals surface area contributed by atoms with Crippen molar-refractivity contribution in [3.63, 3.8) is 0 Å². The topological polar surface area (TPSA) is 64.1 Å². The zero-order valence-electron chi connectivity index (χ0n) is 11.9. The first kappa shape index (κ1) is 14.6. The smallest absolute Gasteiger partial charge is 0.272 e. The van der Waals surface area contributed by atoms with E-state index >= 15 is 0 Å². The molecule has 1 N–H and O–H groups in total. The second-order valence-electron chi connectivity index (χ2n) is 5.14. The first-order chi connectivity index (χ1) is 10.7. The normalized spacial score (nSPS) is 18.9. The molecule has 0 radical (unpaired) electrons. The van der Waals surface area contributed by atoms with Gasteiger partial charge < -0.3 is 10.1 Å². The van der Waals surface area contributed by atoms with Crippen LogP contribution in [-0.4, -0.2) is 28.6 Å². The van der Waals surface area contributed by atoms with Crippen LogP contribution in [0.4, 0.5) is 4.39 Å². The van der Waals surface area contributed by atoms with Gasteiger partial charge in [0.25, 0.3) is 5.91 Å². The first-order valence-electron chi connectivity index (χ1n) is 7.18. The Morgan fingerprint density at radius 2 is 2.14 bits per heavy atom. The van der Waals surface area contributed by atoms with Crippen LogP contribution < -0.4 is 5.32 Å². The molecule has 5 nitrogen and oxygen atoms in total. The highest BCUT2D eigenvalue weighted by Crippen LogP contribution is 2.27. The number of hydrogen-bond acceptors (Lipinski definition) is 4. The number of nitrogens with zero attached hydrogens (tertiary/aromatic N) is 2. The lowest BCUT2D eigenvalue weighted by molar-refractivity contribution is 0.0669. The Hall–Kier alpha value is -2.34. The molecule has 0 saturated carbocycles. The zero-order chi connectivity index (χ0) is 15.4. The molecule has 1 aliphatic heterocycles. The summed E-state index contributed by atoms with van der Waals surface area (Å²) in [4.78, 5) is 20.2. The standard InChI is InChI=1S/C16H16FN3O2/c17-12-5-3-11(4-6-12)15(14-2-1-9-22-14)20-16(21)13-10-18-7-8-19-13/h3-8,10,14-15H,1-2,9H2,(H,20,21)/t14-,15+/m0/s1. The summed E-state index contributed by atoms with van der Waals surface area (Å²) in [5.41, 5.74) is 1.05. The minimum atomic E-state index is -0.336. The number of ether oxygens (including phenoxy) is 1. The Bertz CT molecular complexity index is 628. The van der Waals surface area contributed by atoms with Crippen LogP contribution in [0, 0.1) is 5.82 Å². The molecule has 0 unspecified atom stereocenters. The number of hydrogen-bond donors (Lipinski definition) is 1. The third kappa shape index (κ3) is 3.28. The molecular formula is C16H16FN3O2.